The first kappa shape index (κ1) is 12.4. The van der Waals surface area contributed by atoms with Crippen LogP contribution in [-0.4, -0.2) is 20.2 Å². The molecule has 0 bridgehead atoms. The maximum absolute atomic E-state index is 13.4. The van der Waals surface area contributed by atoms with Gasteiger partial charge in [-0.05, 0) is 19.1 Å². The number of aromatic amines is 2. The maximum atomic E-state index is 13.4. The van der Waals surface area contributed by atoms with Crippen LogP contribution in [0.4, 0.5) is 4.39 Å². The molecular formula is C14H13FN4O. The van der Waals surface area contributed by atoms with Gasteiger partial charge in [-0.1, -0.05) is 0 Å². The van der Waals surface area contributed by atoms with Gasteiger partial charge in [-0.25, -0.2) is 9.37 Å². The number of nitrogens with zero attached hydrogens (tertiary/aromatic N) is 2. The van der Waals surface area contributed by atoms with Crippen LogP contribution in [0, 0.1) is 12.7 Å². The van der Waals surface area contributed by atoms with E-state index in [0.717, 1.165) is 22.5 Å². The smallest absolute Gasteiger partial charge is 0.130 e. The summed E-state index contributed by atoms with van der Waals surface area (Å²) in [6, 6.07) is 4.47. The van der Waals surface area contributed by atoms with Gasteiger partial charge in [-0.3, -0.25) is 5.10 Å². The lowest BCUT2D eigenvalue weighted by molar-refractivity contribution is 0.301. The second-order valence-electron chi connectivity index (χ2n) is 4.41. The van der Waals surface area contributed by atoms with Gasteiger partial charge in [0.25, 0.3) is 0 Å². The van der Waals surface area contributed by atoms with Gasteiger partial charge >= 0.3 is 0 Å². The van der Waals surface area contributed by atoms with Crippen LogP contribution < -0.4 is 4.74 Å². The molecular weight excluding hydrogens is 259 g/mol. The maximum Gasteiger partial charge on any atom is 0.130 e. The number of nitrogens with one attached hydrogen (secondary N) is 2. The van der Waals surface area contributed by atoms with E-state index in [1.165, 1.54) is 12.1 Å². The number of aryl methyl sites for hydroxylation is 1. The van der Waals surface area contributed by atoms with E-state index in [1.807, 2.05) is 6.92 Å². The summed E-state index contributed by atoms with van der Waals surface area (Å²) in [4.78, 5) is 6.85. The summed E-state index contributed by atoms with van der Waals surface area (Å²) in [6.07, 6.45) is 4.94. The Labute approximate surface area is 114 Å². The van der Waals surface area contributed by atoms with Crippen LogP contribution in [0.5, 0.6) is 5.75 Å². The molecule has 1 aromatic carbocycles. The number of imidazole rings is 1. The van der Waals surface area contributed by atoms with E-state index in [0.29, 0.717) is 12.4 Å². The molecule has 0 aliphatic rings. The highest BCUT2D eigenvalue weighted by molar-refractivity contribution is 5.71. The van der Waals surface area contributed by atoms with Gasteiger partial charge in [-0.15, -0.1) is 0 Å². The predicted octanol–water partition coefficient (Wildman–Crippen LogP) is 2.83. The van der Waals surface area contributed by atoms with Gasteiger partial charge in [0.2, 0.25) is 0 Å². The van der Waals surface area contributed by atoms with E-state index in [4.69, 9.17) is 4.74 Å². The summed E-state index contributed by atoms with van der Waals surface area (Å²) >= 11 is 0. The third-order valence-electron chi connectivity index (χ3n) is 3.00. The molecule has 6 heteroatoms. The van der Waals surface area contributed by atoms with E-state index in [2.05, 4.69) is 20.2 Å². The molecule has 0 spiro atoms. The quantitative estimate of drug-likeness (QED) is 0.767. The highest BCUT2D eigenvalue weighted by Gasteiger charge is 2.12. The van der Waals surface area contributed by atoms with E-state index in [-0.39, 0.29) is 5.82 Å². The number of benzene rings is 1. The minimum absolute atomic E-state index is 0.299. The third kappa shape index (κ3) is 2.40. The lowest BCUT2D eigenvalue weighted by Crippen LogP contribution is -1.98. The first-order chi connectivity index (χ1) is 9.74. The van der Waals surface area contributed by atoms with Crippen LogP contribution in [0.2, 0.25) is 0 Å². The van der Waals surface area contributed by atoms with E-state index < -0.39 is 0 Å². The Morgan fingerprint density at radius 2 is 2.15 bits per heavy atom. The molecule has 3 rings (SSSR count). The molecule has 2 heterocycles. The largest absolute Gasteiger partial charge is 0.487 e. The Bertz CT molecular complexity index is 706. The average Bonchev–Trinajstić information content (AvgIpc) is 3.08. The molecule has 2 N–H and O–H groups in total. The number of rotatable bonds is 4. The Balaban J connectivity index is 1.92. The minimum Gasteiger partial charge on any atom is -0.487 e. The SMILES string of the molecule is Cc1[nH]ncc1-c1ccc(F)cc1OCc1cnc[nH]1. The summed E-state index contributed by atoms with van der Waals surface area (Å²) in [7, 11) is 0. The zero-order valence-corrected chi connectivity index (χ0v) is 10.9. The summed E-state index contributed by atoms with van der Waals surface area (Å²) in [5, 5.41) is 6.84. The first-order valence-corrected chi connectivity index (χ1v) is 6.14. The van der Waals surface area contributed by atoms with E-state index in [9.17, 15) is 4.39 Å². The second-order valence-corrected chi connectivity index (χ2v) is 4.41. The number of H-pyrrole nitrogens is 2. The van der Waals surface area contributed by atoms with Crippen molar-refractivity contribution in [2.45, 2.75) is 13.5 Å². The van der Waals surface area contributed by atoms with Crippen LogP contribution in [0.15, 0.2) is 36.9 Å². The normalized spacial score (nSPS) is 10.7. The van der Waals surface area contributed by atoms with Crippen LogP contribution in [0.1, 0.15) is 11.4 Å². The third-order valence-corrected chi connectivity index (χ3v) is 3.00. The summed E-state index contributed by atoms with van der Waals surface area (Å²) < 4.78 is 19.1. The minimum atomic E-state index is -0.338. The monoisotopic (exact) mass is 272 g/mol. The lowest BCUT2D eigenvalue weighted by atomic mass is 10.1. The van der Waals surface area contributed by atoms with Gasteiger partial charge < -0.3 is 9.72 Å². The average molecular weight is 272 g/mol. The van der Waals surface area contributed by atoms with Crippen LogP contribution in [-0.2, 0) is 6.61 Å². The van der Waals surface area contributed by atoms with Crippen LogP contribution in [0.25, 0.3) is 11.1 Å². The van der Waals surface area contributed by atoms with E-state index >= 15 is 0 Å². The van der Waals surface area contributed by atoms with Crippen molar-refractivity contribution in [2.75, 3.05) is 0 Å². The molecule has 102 valence electrons. The molecule has 0 fully saturated rings. The fourth-order valence-electron chi connectivity index (χ4n) is 1.98. The molecule has 0 amide bonds. The molecule has 2 aromatic heterocycles. The van der Waals surface area contributed by atoms with Gasteiger partial charge in [-0.2, -0.15) is 5.10 Å². The highest BCUT2D eigenvalue weighted by Crippen LogP contribution is 2.32. The van der Waals surface area contributed by atoms with Gasteiger partial charge in [0.1, 0.15) is 18.2 Å². The van der Waals surface area contributed by atoms with Crippen LogP contribution in [0.3, 0.4) is 0 Å². The van der Waals surface area contributed by atoms with Gasteiger partial charge in [0.05, 0.1) is 24.4 Å². The zero-order valence-electron chi connectivity index (χ0n) is 10.9. The molecule has 3 aromatic rings. The molecule has 0 aliphatic heterocycles. The van der Waals surface area contributed by atoms with Crippen molar-refractivity contribution in [1.29, 1.82) is 0 Å². The summed E-state index contributed by atoms with van der Waals surface area (Å²) in [5.41, 5.74) is 3.42. The van der Waals surface area contributed by atoms with Gasteiger partial charge in [0, 0.05) is 22.9 Å². The lowest BCUT2D eigenvalue weighted by Gasteiger charge is -2.10. The molecule has 5 nitrogen and oxygen atoms in total. The summed E-state index contributed by atoms with van der Waals surface area (Å²) in [5.74, 6) is 0.138. The van der Waals surface area contributed by atoms with Crippen molar-refractivity contribution >= 4 is 0 Å². The van der Waals surface area contributed by atoms with Crippen molar-refractivity contribution in [1.82, 2.24) is 20.2 Å². The number of hydrogen-bond acceptors (Lipinski definition) is 3. The zero-order chi connectivity index (χ0) is 13.9. The molecule has 0 unspecified atom stereocenters. The Kier molecular flexibility index (Phi) is 3.20. The fourth-order valence-corrected chi connectivity index (χ4v) is 1.98. The van der Waals surface area contributed by atoms with Crippen molar-refractivity contribution in [2.24, 2.45) is 0 Å². The highest BCUT2D eigenvalue weighted by atomic mass is 19.1. The number of hydrogen-bond donors (Lipinski definition) is 2. The van der Waals surface area contributed by atoms with Crippen molar-refractivity contribution < 1.29 is 9.13 Å². The molecule has 20 heavy (non-hydrogen) atoms. The number of aromatic nitrogens is 4. The molecule has 0 aliphatic carbocycles. The summed E-state index contributed by atoms with van der Waals surface area (Å²) in [6.45, 7) is 2.21. The second kappa shape index (κ2) is 5.16. The van der Waals surface area contributed by atoms with Crippen molar-refractivity contribution in [3.05, 3.63) is 54.1 Å². The fraction of sp³-hybridized carbons (Fsp3) is 0.143. The van der Waals surface area contributed by atoms with Gasteiger partial charge in [0.15, 0.2) is 0 Å². The van der Waals surface area contributed by atoms with Crippen molar-refractivity contribution in [3.63, 3.8) is 0 Å². The Hall–Kier alpha value is -2.63. The first-order valence-electron chi connectivity index (χ1n) is 6.14. The Morgan fingerprint density at radius 3 is 2.85 bits per heavy atom. The van der Waals surface area contributed by atoms with Crippen molar-refractivity contribution in [3.8, 4) is 16.9 Å². The standard InChI is InChI=1S/C14H13FN4O/c1-9-13(6-18-19-9)12-3-2-10(15)4-14(12)20-7-11-5-16-8-17-11/h2-6,8H,7H2,1H3,(H,16,17)(H,18,19). The Morgan fingerprint density at radius 1 is 1.25 bits per heavy atom. The topological polar surface area (TPSA) is 66.6 Å². The molecule has 0 saturated carbocycles. The number of halogens is 1. The predicted molar refractivity (Wildman–Crippen MR) is 71.6 cm³/mol. The molecule has 0 radical (unpaired) electrons. The van der Waals surface area contributed by atoms with Crippen LogP contribution >= 0.6 is 0 Å². The molecule has 0 atom stereocenters. The van der Waals surface area contributed by atoms with E-state index in [1.54, 1.807) is 24.8 Å². The molecule has 0 saturated heterocycles. The number of ether oxygens (including phenoxy) is 1.